The second-order valence-corrected chi connectivity index (χ2v) is 10.5. The van der Waals surface area contributed by atoms with Gasteiger partial charge in [0.25, 0.3) is 0 Å². The van der Waals surface area contributed by atoms with Crippen molar-refractivity contribution in [2.45, 2.75) is 51.5 Å². The Morgan fingerprint density at radius 2 is 1.51 bits per heavy atom. The van der Waals surface area contributed by atoms with E-state index in [4.69, 9.17) is 4.74 Å². The smallest absolute Gasteiger partial charge is 0.142 e. The number of likely N-dealkylation sites (tertiary alicyclic amines) is 2. The molecule has 2 fully saturated rings. The number of rotatable bonds is 12. The van der Waals surface area contributed by atoms with Gasteiger partial charge < -0.3 is 24.8 Å². The predicted molar refractivity (Wildman–Crippen MR) is 148 cm³/mol. The first-order valence-corrected chi connectivity index (χ1v) is 13.9. The number of nitrogens with one attached hydrogen (secondary N) is 1. The molecule has 0 spiro atoms. The topological polar surface area (TPSA) is 31.0 Å². The largest absolute Gasteiger partial charge is 0.491 e. The van der Waals surface area contributed by atoms with Crippen molar-refractivity contribution < 1.29 is 4.74 Å². The molecule has 0 atom stereocenters. The number of hydrogen-bond acceptors (Lipinski definition) is 5. The average Bonchev–Trinajstić information content (AvgIpc) is 2.88. The SMILES string of the molecule is CN(C)Cc1ccccc1-c1ccc(NCCN2CCCCC2)c(OCCCN2CCCCC2)c1. The normalized spacial score (nSPS) is 17.6. The zero-order valence-corrected chi connectivity index (χ0v) is 22.1. The fourth-order valence-corrected chi connectivity index (χ4v) is 5.42. The summed E-state index contributed by atoms with van der Waals surface area (Å²) in [5, 5.41) is 3.69. The molecular weight excluding hydrogens is 432 g/mol. The zero-order chi connectivity index (χ0) is 24.3. The molecule has 0 radical (unpaired) electrons. The Hall–Kier alpha value is -2.08. The lowest BCUT2D eigenvalue weighted by molar-refractivity contribution is 0.205. The van der Waals surface area contributed by atoms with Crippen LogP contribution in [0, 0.1) is 0 Å². The summed E-state index contributed by atoms with van der Waals surface area (Å²) < 4.78 is 6.44. The maximum atomic E-state index is 6.44. The molecular formula is C30H46N4O. The van der Waals surface area contributed by atoms with Crippen molar-refractivity contribution in [3.05, 3.63) is 48.0 Å². The third-order valence-corrected chi connectivity index (χ3v) is 7.31. The van der Waals surface area contributed by atoms with Gasteiger partial charge in [0.1, 0.15) is 5.75 Å². The minimum atomic E-state index is 0.764. The highest BCUT2D eigenvalue weighted by atomic mass is 16.5. The Labute approximate surface area is 213 Å². The van der Waals surface area contributed by atoms with Crippen LogP contribution < -0.4 is 10.1 Å². The molecule has 0 unspecified atom stereocenters. The van der Waals surface area contributed by atoms with Crippen LogP contribution in [0.25, 0.3) is 11.1 Å². The highest BCUT2D eigenvalue weighted by Gasteiger charge is 2.13. The van der Waals surface area contributed by atoms with Crippen LogP contribution in [-0.2, 0) is 6.54 Å². The molecule has 1 N–H and O–H groups in total. The van der Waals surface area contributed by atoms with Crippen LogP contribution in [0.4, 0.5) is 5.69 Å². The van der Waals surface area contributed by atoms with E-state index < -0.39 is 0 Å². The van der Waals surface area contributed by atoms with E-state index in [1.54, 1.807) is 0 Å². The summed E-state index contributed by atoms with van der Waals surface area (Å²) in [4.78, 5) is 7.41. The minimum absolute atomic E-state index is 0.764. The summed E-state index contributed by atoms with van der Waals surface area (Å²) in [5.41, 5.74) is 4.99. The summed E-state index contributed by atoms with van der Waals surface area (Å²) in [5.74, 6) is 0.986. The van der Waals surface area contributed by atoms with Crippen LogP contribution in [0.3, 0.4) is 0 Å². The molecule has 0 aliphatic carbocycles. The summed E-state index contributed by atoms with van der Waals surface area (Å²) in [6.07, 6.45) is 9.23. The molecule has 2 aliphatic heterocycles. The number of nitrogens with zero attached hydrogens (tertiary/aromatic N) is 3. The first kappa shape index (κ1) is 26.0. The van der Waals surface area contributed by atoms with Crippen molar-refractivity contribution in [2.24, 2.45) is 0 Å². The Kier molecular flexibility index (Phi) is 10.3. The first-order chi connectivity index (χ1) is 17.2. The monoisotopic (exact) mass is 478 g/mol. The third kappa shape index (κ3) is 8.23. The average molecular weight is 479 g/mol. The van der Waals surface area contributed by atoms with Gasteiger partial charge in [-0.1, -0.05) is 43.2 Å². The fourth-order valence-electron chi connectivity index (χ4n) is 5.42. The van der Waals surface area contributed by atoms with E-state index in [1.165, 1.54) is 81.4 Å². The van der Waals surface area contributed by atoms with E-state index >= 15 is 0 Å². The molecule has 4 rings (SSSR count). The van der Waals surface area contributed by atoms with E-state index in [-0.39, 0.29) is 0 Å². The van der Waals surface area contributed by atoms with Gasteiger partial charge in [-0.25, -0.2) is 0 Å². The molecule has 5 heteroatoms. The molecule has 2 heterocycles. The van der Waals surface area contributed by atoms with Gasteiger partial charge in [0.15, 0.2) is 0 Å². The second-order valence-electron chi connectivity index (χ2n) is 10.5. The van der Waals surface area contributed by atoms with Crippen LogP contribution in [0.1, 0.15) is 50.5 Å². The van der Waals surface area contributed by atoms with Crippen molar-refractivity contribution in [1.29, 1.82) is 0 Å². The molecule has 2 aromatic carbocycles. The molecule has 2 aromatic rings. The lowest BCUT2D eigenvalue weighted by Crippen LogP contribution is -2.33. The van der Waals surface area contributed by atoms with E-state index in [2.05, 4.69) is 76.6 Å². The molecule has 5 nitrogen and oxygen atoms in total. The van der Waals surface area contributed by atoms with Gasteiger partial charge in [-0.05, 0) is 101 Å². The number of anilines is 1. The van der Waals surface area contributed by atoms with Crippen molar-refractivity contribution in [3.63, 3.8) is 0 Å². The lowest BCUT2D eigenvalue weighted by atomic mass is 9.98. The number of ether oxygens (including phenoxy) is 1. The van der Waals surface area contributed by atoms with Crippen LogP contribution in [0.5, 0.6) is 5.75 Å². The van der Waals surface area contributed by atoms with Gasteiger partial charge in [0.2, 0.25) is 0 Å². The zero-order valence-electron chi connectivity index (χ0n) is 22.1. The van der Waals surface area contributed by atoms with Gasteiger partial charge in [0, 0.05) is 26.2 Å². The van der Waals surface area contributed by atoms with Gasteiger partial charge >= 0.3 is 0 Å². The maximum absolute atomic E-state index is 6.44. The second kappa shape index (κ2) is 13.9. The van der Waals surface area contributed by atoms with Gasteiger partial charge in [-0.15, -0.1) is 0 Å². The minimum Gasteiger partial charge on any atom is -0.491 e. The Morgan fingerprint density at radius 3 is 2.23 bits per heavy atom. The van der Waals surface area contributed by atoms with Crippen molar-refractivity contribution in [3.8, 4) is 16.9 Å². The highest BCUT2D eigenvalue weighted by molar-refractivity contribution is 5.73. The van der Waals surface area contributed by atoms with Crippen molar-refractivity contribution >= 4 is 5.69 Å². The number of benzene rings is 2. The molecule has 2 aliphatic rings. The van der Waals surface area contributed by atoms with Gasteiger partial charge in [-0.2, -0.15) is 0 Å². The maximum Gasteiger partial charge on any atom is 0.142 e. The van der Waals surface area contributed by atoms with Gasteiger partial charge in [-0.3, -0.25) is 0 Å². The molecule has 0 saturated carbocycles. The Balaban J connectivity index is 1.43. The predicted octanol–water partition coefficient (Wildman–Crippen LogP) is 5.57. The molecule has 0 bridgehead atoms. The van der Waals surface area contributed by atoms with Crippen molar-refractivity contribution in [2.75, 3.05) is 71.8 Å². The Bertz CT molecular complexity index is 888. The number of piperidine rings is 2. The summed E-state index contributed by atoms with van der Waals surface area (Å²) in [6.45, 7) is 9.87. The van der Waals surface area contributed by atoms with Gasteiger partial charge in [0.05, 0.1) is 12.3 Å². The Morgan fingerprint density at radius 1 is 0.829 bits per heavy atom. The van der Waals surface area contributed by atoms with Crippen LogP contribution in [0.15, 0.2) is 42.5 Å². The summed E-state index contributed by atoms with van der Waals surface area (Å²) in [6, 6.07) is 15.5. The standard InChI is InChI=1S/C30H46N4O/c1-32(2)25-27-12-5-6-13-28(27)26-14-15-29(31-16-22-34-19-9-4-10-20-34)30(24-26)35-23-11-21-33-17-7-3-8-18-33/h5-6,12-15,24,31H,3-4,7-11,16-23,25H2,1-2H3. The van der Waals surface area contributed by atoms with E-state index in [0.29, 0.717) is 0 Å². The van der Waals surface area contributed by atoms with E-state index in [0.717, 1.165) is 50.6 Å². The third-order valence-electron chi connectivity index (χ3n) is 7.31. The summed E-state index contributed by atoms with van der Waals surface area (Å²) in [7, 11) is 4.26. The van der Waals surface area contributed by atoms with Crippen molar-refractivity contribution in [1.82, 2.24) is 14.7 Å². The molecule has 0 aromatic heterocycles. The summed E-state index contributed by atoms with van der Waals surface area (Å²) >= 11 is 0. The molecule has 35 heavy (non-hydrogen) atoms. The van der Waals surface area contributed by atoms with Crippen LogP contribution >= 0.6 is 0 Å². The highest BCUT2D eigenvalue weighted by Crippen LogP contribution is 2.33. The molecule has 2 saturated heterocycles. The first-order valence-electron chi connectivity index (χ1n) is 13.9. The molecule has 192 valence electrons. The van der Waals surface area contributed by atoms with E-state index in [9.17, 15) is 0 Å². The van der Waals surface area contributed by atoms with Crippen LogP contribution in [-0.4, -0.2) is 81.2 Å². The van der Waals surface area contributed by atoms with Crippen LogP contribution in [0.2, 0.25) is 0 Å². The lowest BCUT2D eigenvalue weighted by Gasteiger charge is -2.27. The van der Waals surface area contributed by atoms with E-state index in [1.807, 2.05) is 0 Å². The fraction of sp³-hybridized carbons (Fsp3) is 0.600. The molecule has 0 amide bonds. The number of hydrogen-bond donors (Lipinski definition) is 1. The quantitative estimate of drug-likeness (QED) is 0.403.